The maximum absolute atomic E-state index is 12.8. The van der Waals surface area contributed by atoms with Gasteiger partial charge in [0.1, 0.15) is 0 Å². The van der Waals surface area contributed by atoms with Gasteiger partial charge in [0.05, 0.1) is 11.6 Å². The van der Waals surface area contributed by atoms with Crippen molar-refractivity contribution in [3.63, 3.8) is 0 Å². The van der Waals surface area contributed by atoms with E-state index in [4.69, 9.17) is 0 Å². The lowest BCUT2D eigenvalue weighted by atomic mass is 9.96. The van der Waals surface area contributed by atoms with Gasteiger partial charge in [-0.15, -0.1) is 0 Å². The third kappa shape index (κ3) is 3.90. The van der Waals surface area contributed by atoms with Crippen LogP contribution in [0.1, 0.15) is 45.6 Å². The first kappa shape index (κ1) is 17.9. The van der Waals surface area contributed by atoms with Crippen molar-refractivity contribution in [1.82, 2.24) is 4.72 Å². The number of nitrogens with one attached hydrogen (secondary N) is 1. The first-order valence-electron chi connectivity index (χ1n) is 7.79. The predicted octanol–water partition coefficient (Wildman–Crippen LogP) is 4.38. The van der Waals surface area contributed by atoms with Crippen LogP contribution in [0.15, 0.2) is 41.3 Å². The Labute approximate surface area is 138 Å². The molecular weight excluding hydrogens is 313 g/mol. The molecule has 0 spiro atoms. The third-order valence-corrected chi connectivity index (χ3v) is 5.72. The van der Waals surface area contributed by atoms with Crippen LogP contribution in [0.3, 0.4) is 0 Å². The number of fused-ring (bicyclic) bond motifs is 1. The molecule has 2 rings (SSSR count). The van der Waals surface area contributed by atoms with E-state index < -0.39 is 22.2 Å². The van der Waals surface area contributed by atoms with Gasteiger partial charge < -0.3 is 0 Å². The fourth-order valence-corrected chi connectivity index (χ4v) is 4.39. The van der Waals surface area contributed by atoms with Crippen molar-refractivity contribution in [2.75, 3.05) is 6.67 Å². The Balaban J connectivity index is 2.58. The van der Waals surface area contributed by atoms with E-state index in [1.54, 1.807) is 19.9 Å². The number of sulfonamides is 1. The van der Waals surface area contributed by atoms with Gasteiger partial charge in [0, 0.05) is 10.9 Å². The highest BCUT2D eigenvalue weighted by Gasteiger charge is 2.27. The first-order valence-corrected chi connectivity index (χ1v) is 9.28. The minimum Gasteiger partial charge on any atom is -0.251 e. The van der Waals surface area contributed by atoms with E-state index in [2.05, 4.69) is 18.6 Å². The number of hydrogen-bond acceptors (Lipinski definition) is 2. The summed E-state index contributed by atoms with van der Waals surface area (Å²) in [6.45, 7) is 6.98. The Morgan fingerprint density at radius 2 is 1.70 bits per heavy atom. The maximum atomic E-state index is 12.8. The van der Waals surface area contributed by atoms with Crippen molar-refractivity contribution in [3.05, 3.63) is 42.0 Å². The van der Waals surface area contributed by atoms with E-state index in [0.29, 0.717) is 11.3 Å². The normalized spacial score (nSPS) is 13.0. The molecule has 1 N–H and O–H groups in total. The molecule has 0 amide bonds. The Morgan fingerprint density at radius 1 is 1.09 bits per heavy atom. The van der Waals surface area contributed by atoms with E-state index in [1.807, 2.05) is 30.3 Å². The van der Waals surface area contributed by atoms with Crippen molar-refractivity contribution < 1.29 is 12.8 Å². The van der Waals surface area contributed by atoms with Gasteiger partial charge in [0.2, 0.25) is 10.0 Å². The van der Waals surface area contributed by atoms with Gasteiger partial charge in [-0.2, -0.15) is 0 Å². The van der Waals surface area contributed by atoms with Crippen LogP contribution in [0.25, 0.3) is 10.8 Å². The third-order valence-electron chi connectivity index (χ3n) is 3.96. The molecule has 3 nitrogen and oxygen atoms in total. The highest BCUT2D eigenvalue weighted by molar-refractivity contribution is 7.89. The molecule has 2 aromatic carbocycles. The number of hydrogen-bond donors (Lipinski definition) is 1. The van der Waals surface area contributed by atoms with Crippen LogP contribution in [0, 0.1) is 0 Å². The van der Waals surface area contributed by atoms with E-state index >= 15 is 0 Å². The topological polar surface area (TPSA) is 46.2 Å². The molecule has 0 saturated carbocycles. The summed E-state index contributed by atoms with van der Waals surface area (Å²) < 4.78 is 40.8. The van der Waals surface area contributed by atoms with Crippen molar-refractivity contribution in [1.29, 1.82) is 0 Å². The molecule has 5 heteroatoms. The zero-order chi connectivity index (χ0) is 17.3. The molecule has 23 heavy (non-hydrogen) atoms. The van der Waals surface area contributed by atoms with Crippen LogP contribution >= 0.6 is 0 Å². The number of alkyl halides is 1. The van der Waals surface area contributed by atoms with Crippen LogP contribution in [0.4, 0.5) is 4.39 Å². The van der Waals surface area contributed by atoms with Crippen LogP contribution in [-0.2, 0) is 10.0 Å². The van der Waals surface area contributed by atoms with Gasteiger partial charge in [0.25, 0.3) is 0 Å². The molecule has 2 aromatic rings. The lowest BCUT2D eigenvalue weighted by Crippen LogP contribution is -2.43. The second-order valence-corrected chi connectivity index (χ2v) is 8.43. The molecule has 0 aliphatic heterocycles. The molecule has 0 radical (unpaired) electrons. The van der Waals surface area contributed by atoms with Gasteiger partial charge >= 0.3 is 0 Å². The molecule has 0 aliphatic carbocycles. The molecule has 0 fully saturated rings. The van der Waals surface area contributed by atoms with Crippen molar-refractivity contribution in [3.8, 4) is 0 Å². The van der Waals surface area contributed by atoms with Gasteiger partial charge in [-0.3, -0.25) is 4.39 Å². The molecule has 0 bridgehead atoms. The fourth-order valence-electron chi connectivity index (χ4n) is 2.74. The Hall–Kier alpha value is -1.46. The Morgan fingerprint density at radius 3 is 2.26 bits per heavy atom. The monoisotopic (exact) mass is 337 g/mol. The molecule has 0 unspecified atom stereocenters. The SMILES string of the molecule is CC(C)c1ccc(S(=O)(=O)NC(C)(C)CCF)c2ccccc12. The summed E-state index contributed by atoms with van der Waals surface area (Å²) in [5.74, 6) is 0.299. The van der Waals surface area contributed by atoms with Gasteiger partial charge in [-0.05, 0) is 43.2 Å². The minimum atomic E-state index is -3.73. The molecule has 0 aliphatic rings. The number of halogens is 1. The fraction of sp³-hybridized carbons (Fsp3) is 0.444. The number of rotatable bonds is 6. The summed E-state index contributed by atoms with van der Waals surface area (Å²) in [4.78, 5) is 0.240. The van der Waals surface area contributed by atoms with Gasteiger partial charge in [-0.1, -0.05) is 44.2 Å². The van der Waals surface area contributed by atoms with Crippen LogP contribution < -0.4 is 4.72 Å². The smallest absolute Gasteiger partial charge is 0.241 e. The van der Waals surface area contributed by atoms with Gasteiger partial charge in [0.15, 0.2) is 0 Å². The molecule has 126 valence electrons. The summed E-state index contributed by atoms with van der Waals surface area (Å²) in [7, 11) is -3.73. The lowest BCUT2D eigenvalue weighted by molar-refractivity contribution is 0.354. The molecule has 0 aromatic heterocycles. The zero-order valence-corrected chi connectivity index (χ0v) is 14.9. The van der Waals surface area contributed by atoms with E-state index in [0.717, 1.165) is 10.9 Å². The molecular formula is C18H24FNO2S. The minimum absolute atomic E-state index is 0.133. The molecule has 0 heterocycles. The Kier molecular flexibility index (Phi) is 5.11. The molecule has 0 atom stereocenters. The zero-order valence-electron chi connectivity index (χ0n) is 14.1. The summed E-state index contributed by atoms with van der Waals surface area (Å²) >= 11 is 0. The molecule has 0 saturated heterocycles. The second kappa shape index (κ2) is 6.57. The van der Waals surface area contributed by atoms with E-state index in [1.165, 1.54) is 0 Å². The van der Waals surface area contributed by atoms with Crippen molar-refractivity contribution in [2.45, 2.75) is 50.5 Å². The van der Waals surface area contributed by atoms with Crippen molar-refractivity contribution >= 4 is 20.8 Å². The van der Waals surface area contributed by atoms with Crippen molar-refractivity contribution in [2.24, 2.45) is 0 Å². The summed E-state index contributed by atoms with van der Waals surface area (Å²) in [5.41, 5.74) is 0.286. The van der Waals surface area contributed by atoms with E-state index in [-0.39, 0.29) is 11.3 Å². The largest absolute Gasteiger partial charge is 0.251 e. The van der Waals surface area contributed by atoms with Gasteiger partial charge in [-0.25, -0.2) is 13.1 Å². The Bertz CT molecular complexity index is 798. The predicted molar refractivity (Wildman–Crippen MR) is 93.0 cm³/mol. The van der Waals surface area contributed by atoms with Crippen LogP contribution in [0.5, 0.6) is 0 Å². The second-order valence-electron chi connectivity index (χ2n) is 6.78. The van der Waals surface area contributed by atoms with Crippen LogP contribution in [-0.4, -0.2) is 20.6 Å². The average molecular weight is 337 g/mol. The summed E-state index contributed by atoms with van der Waals surface area (Å²) in [5, 5.41) is 1.64. The van der Waals surface area contributed by atoms with Crippen LogP contribution in [0.2, 0.25) is 0 Å². The lowest BCUT2D eigenvalue weighted by Gasteiger charge is -2.25. The summed E-state index contributed by atoms with van der Waals surface area (Å²) in [6, 6.07) is 11.0. The highest BCUT2D eigenvalue weighted by Crippen LogP contribution is 2.31. The average Bonchev–Trinajstić information content (AvgIpc) is 2.44. The highest BCUT2D eigenvalue weighted by atomic mass is 32.2. The van der Waals surface area contributed by atoms with E-state index in [9.17, 15) is 12.8 Å². The first-order chi connectivity index (χ1) is 10.7. The number of benzene rings is 2. The summed E-state index contributed by atoms with van der Waals surface area (Å²) in [6.07, 6.45) is 0.133. The standard InChI is InChI=1S/C18H24FNO2S/c1-13(2)14-9-10-17(16-8-6-5-7-15(14)16)23(21,22)20-18(3,4)11-12-19/h5-10,13,20H,11-12H2,1-4H3. The quantitative estimate of drug-likeness (QED) is 0.850. The maximum Gasteiger partial charge on any atom is 0.241 e.